The van der Waals surface area contributed by atoms with Crippen LogP contribution in [0.25, 0.3) is 0 Å². The zero-order valence-corrected chi connectivity index (χ0v) is 13.4. The lowest BCUT2D eigenvalue weighted by molar-refractivity contribution is -0.121. The molecule has 0 spiro atoms. The third-order valence-electron chi connectivity index (χ3n) is 4.33. The molecule has 1 saturated carbocycles. The highest BCUT2D eigenvalue weighted by atomic mass is 32.2. The molecule has 0 radical (unpaired) electrons. The van der Waals surface area contributed by atoms with Gasteiger partial charge in [-0.3, -0.25) is 4.79 Å². The van der Waals surface area contributed by atoms with Crippen molar-refractivity contribution in [2.24, 2.45) is 0 Å². The lowest BCUT2D eigenvalue weighted by atomic mass is 9.80. The minimum Gasteiger partial charge on any atom is -0.352 e. The predicted molar refractivity (Wildman–Crippen MR) is 83.9 cm³/mol. The average molecular weight is 309 g/mol. The number of rotatable bonds is 4. The molecule has 1 N–H and O–H groups in total. The summed E-state index contributed by atoms with van der Waals surface area (Å²) >= 11 is 0. The molecule has 0 unspecified atom stereocenters. The Morgan fingerprint density at radius 2 is 1.81 bits per heavy atom. The van der Waals surface area contributed by atoms with E-state index in [2.05, 4.69) is 17.4 Å². The summed E-state index contributed by atoms with van der Waals surface area (Å²) in [5, 5.41) is 1.97. The molecule has 1 fully saturated rings. The number of benzene rings is 1. The fraction of sp³-hybridized carbons (Fsp3) is 0.562. The predicted octanol–water partition coefficient (Wildman–Crippen LogP) is 2.26. The first-order valence-electron chi connectivity index (χ1n) is 7.44. The zero-order chi connectivity index (χ0) is 15.5. The third kappa shape index (κ3) is 4.06. The van der Waals surface area contributed by atoms with E-state index in [1.54, 1.807) is 0 Å². The fourth-order valence-corrected chi connectivity index (χ4v) is 3.35. The Kier molecular flexibility index (Phi) is 5.04. The van der Waals surface area contributed by atoms with Crippen molar-refractivity contribution in [1.82, 2.24) is 5.32 Å². The highest BCUT2D eigenvalue weighted by Gasteiger charge is 2.31. The number of carbonyl (C=O) groups is 1. The van der Waals surface area contributed by atoms with Crippen LogP contribution in [-0.2, 0) is 14.6 Å². The second-order valence-electron chi connectivity index (χ2n) is 5.89. The summed E-state index contributed by atoms with van der Waals surface area (Å²) in [4.78, 5) is 12.1. The molecule has 0 heterocycles. The van der Waals surface area contributed by atoms with Crippen molar-refractivity contribution in [3.05, 3.63) is 35.9 Å². The number of sulfone groups is 1. The van der Waals surface area contributed by atoms with Gasteiger partial charge in [0.25, 0.3) is 0 Å². The minimum absolute atomic E-state index is 0.0258. The topological polar surface area (TPSA) is 63.2 Å². The van der Waals surface area contributed by atoms with Crippen molar-refractivity contribution >= 4 is 15.7 Å². The molecule has 0 bridgehead atoms. The van der Waals surface area contributed by atoms with Gasteiger partial charge in [0.2, 0.25) is 5.91 Å². The lowest BCUT2D eigenvalue weighted by Gasteiger charge is -2.33. The van der Waals surface area contributed by atoms with Crippen molar-refractivity contribution in [2.45, 2.75) is 49.8 Å². The van der Waals surface area contributed by atoms with Crippen LogP contribution in [0.3, 0.4) is 0 Å². The molecule has 1 aliphatic carbocycles. The number of amides is 1. The van der Waals surface area contributed by atoms with Crippen molar-refractivity contribution in [1.29, 1.82) is 0 Å². The van der Waals surface area contributed by atoms with Gasteiger partial charge in [0.15, 0.2) is 9.84 Å². The molecule has 0 aliphatic heterocycles. The number of nitrogens with one attached hydrogen (secondary N) is 1. The number of hydrogen-bond acceptors (Lipinski definition) is 3. The van der Waals surface area contributed by atoms with E-state index >= 15 is 0 Å². The monoisotopic (exact) mass is 309 g/mol. The first kappa shape index (κ1) is 16.0. The molecule has 2 rings (SSSR count). The maximum Gasteiger partial charge on any atom is 0.238 e. The Morgan fingerprint density at radius 1 is 1.19 bits per heavy atom. The van der Waals surface area contributed by atoms with Crippen LogP contribution in [0.1, 0.15) is 44.1 Å². The molecule has 21 heavy (non-hydrogen) atoms. The smallest absolute Gasteiger partial charge is 0.238 e. The van der Waals surface area contributed by atoms with Gasteiger partial charge in [-0.1, -0.05) is 43.2 Å². The fourth-order valence-electron chi connectivity index (χ4n) is 2.90. The van der Waals surface area contributed by atoms with Gasteiger partial charge in [-0.15, -0.1) is 0 Å². The van der Waals surface area contributed by atoms with Gasteiger partial charge < -0.3 is 5.32 Å². The van der Waals surface area contributed by atoms with E-state index in [0.29, 0.717) is 0 Å². The quantitative estimate of drug-likeness (QED) is 0.928. The van der Waals surface area contributed by atoms with Gasteiger partial charge in [-0.25, -0.2) is 8.42 Å². The number of carbonyl (C=O) groups excluding carboxylic acids is 1. The largest absolute Gasteiger partial charge is 0.352 e. The maximum atomic E-state index is 12.1. The summed E-state index contributed by atoms with van der Waals surface area (Å²) < 4.78 is 23.0. The Hall–Kier alpha value is -1.36. The average Bonchev–Trinajstić information content (AvgIpc) is 2.47. The Labute approximate surface area is 126 Å². The Bertz CT molecular complexity index is 583. The van der Waals surface area contributed by atoms with Gasteiger partial charge in [0.1, 0.15) is 5.25 Å². The van der Waals surface area contributed by atoms with Crippen molar-refractivity contribution in [3.63, 3.8) is 0 Å². The normalized spacial score (nSPS) is 24.3. The summed E-state index contributed by atoms with van der Waals surface area (Å²) in [5.41, 5.74) is 1.22. The molecular formula is C16H23NO3S. The van der Waals surface area contributed by atoms with Gasteiger partial charge in [-0.2, -0.15) is 0 Å². The summed E-state index contributed by atoms with van der Waals surface area (Å²) in [5.74, 6) is -0.110. The van der Waals surface area contributed by atoms with Crippen LogP contribution in [0.2, 0.25) is 0 Å². The zero-order valence-electron chi connectivity index (χ0n) is 12.6. The van der Waals surface area contributed by atoms with Crippen LogP contribution < -0.4 is 5.32 Å². The van der Waals surface area contributed by atoms with E-state index in [-0.39, 0.29) is 17.9 Å². The molecule has 5 heteroatoms. The molecule has 1 aromatic rings. The van der Waals surface area contributed by atoms with Crippen LogP contribution in [0.15, 0.2) is 30.3 Å². The molecule has 3 atom stereocenters. The standard InChI is InChI=1S/C16H23NO3S/c1-12(21(2,19)20)16(18)17-15-11-7-6-10-14(15)13-8-4-3-5-9-13/h3-5,8-9,12,14-15H,6-7,10-11H2,1-2H3,(H,17,18)/t12-,14-,15-/m1/s1. The Morgan fingerprint density at radius 3 is 2.43 bits per heavy atom. The highest BCUT2D eigenvalue weighted by Crippen LogP contribution is 2.33. The second kappa shape index (κ2) is 6.60. The number of hydrogen-bond donors (Lipinski definition) is 1. The van der Waals surface area contributed by atoms with E-state index in [4.69, 9.17) is 0 Å². The Balaban J connectivity index is 2.11. The molecule has 4 nitrogen and oxygen atoms in total. The van der Waals surface area contributed by atoms with Crippen LogP contribution in [0.5, 0.6) is 0 Å². The first-order valence-corrected chi connectivity index (χ1v) is 9.39. The lowest BCUT2D eigenvalue weighted by Crippen LogP contribution is -2.46. The summed E-state index contributed by atoms with van der Waals surface area (Å²) in [6.07, 6.45) is 5.26. The molecule has 0 saturated heterocycles. The highest BCUT2D eigenvalue weighted by molar-refractivity contribution is 7.92. The van der Waals surface area contributed by atoms with E-state index in [1.807, 2.05) is 18.2 Å². The molecule has 1 aromatic carbocycles. The summed E-state index contributed by atoms with van der Waals surface area (Å²) in [6, 6.07) is 10.2. The van der Waals surface area contributed by atoms with Crippen molar-refractivity contribution in [3.8, 4) is 0 Å². The summed E-state index contributed by atoms with van der Waals surface area (Å²) in [7, 11) is -3.35. The third-order valence-corrected chi connectivity index (χ3v) is 5.83. The second-order valence-corrected chi connectivity index (χ2v) is 8.25. The SMILES string of the molecule is C[C@H](C(=O)N[C@@H]1CCCC[C@@H]1c1ccccc1)S(C)(=O)=O. The van der Waals surface area contributed by atoms with E-state index in [0.717, 1.165) is 31.9 Å². The van der Waals surface area contributed by atoms with Gasteiger partial charge in [0.05, 0.1) is 0 Å². The van der Waals surface area contributed by atoms with Crippen LogP contribution in [0.4, 0.5) is 0 Å². The minimum atomic E-state index is -3.35. The van der Waals surface area contributed by atoms with E-state index in [1.165, 1.54) is 12.5 Å². The van der Waals surface area contributed by atoms with Crippen molar-refractivity contribution < 1.29 is 13.2 Å². The molecule has 0 aromatic heterocycles. The molecule has 1 aliphatic rings. The molecule has 116 valence electrons. The van der Waals surface area contributed by atoms with Gasteiger partial charge >= 0.3 is 0 Å². The molecule has 1 amide bonds. The van der Waals surface area contributed by atoms with Crippen molar-refractivity contribution in [2.75, 3.05) is 6.26 Å². The van der Waals surface area contributed by atoms with Crippen LogP contribution in [-0.4, -0.2) is 31.9 Å². The summed E-state index contributed by atoms with van der Waals surface area (Å²) in [6.45, 7) is 1.45. The molecular weight excluding hydrogens is 286 g/mol. The van der Waals surface area contributed by atoms with Crippen LogP contribution >= 0.6 is 0 Å². The maximum absolute atomic E-state index is 12.1. The first-order chi connectivity index (χ1) is 9.89. The van der Waals surface area contributed by atoms with Gasteiger partial charge in [0, 0.05) is 18.2 Å². The van der Waals surface area contributed by atoms with E-state index < -0.39 is 15.1 Å². The van der Waals surface area contributed by atoms with Crippen LogP contribution in [0, 0.1) is 0 Å². The van der Waals surface area contributed by atoms with Gasteiger partial charge in [-0.05, 0) is 25.3 Å². The van der Waals surface area contributed by atoms with E-state index in [9.17, 15) is 13.2 Å².